The second-order valence-corrected chi connectivity index (χ2v) is 4.26. The van der Waals surface area contributed by atoms with Crippen molar-refractivity contribution in [1.29, 1.82) is 0 Å². The Morgan fingerprint density at radius 2 is 1.85 bits per heavy atom. The van der Waals surface area contributed by atoms with Gasteiger partial charge in [0, 0.05) is 6.04 Å². The van der Waals surface area contributed by atoms with Gasteiger partial charge in [0.1, 0.15) is 5.75 Å². The fourth-order valence-electron chi connectivity index (χ4n) is 1.93. The van der Waals surface area contributed by atoms with Crippen LogP contribution in [0.25, 0.3) is 0 Å². The summed E-state index contributed by atoms with van der Waals surface area (Å²) in [7, 11) is 0. The van der Waals surface area contributed by atoms with Crippen molar-refractivity contribution in [2.75, 3.05) is 13.2 Å². The van der Waals surface area contributed by atoms with E-state index < -0.39 is 11.9 Å². The molecular formula is C14H19NO5. The zero-order chi connectivity index (χ0) is 15.0. The van der Waals surface area contributed by atoms with Gasteiger partial charge < -0.3 is 20.3 Å². The zero-order valence-corrected chi connectivity index (χ0v) is 11.3. The standard InChI is InChI=1S/C12H17NO.C2H2O4/c1-2-14-11-7-5-10(6-8-11)12-4-3-9-13-12;3-1(4)2(5)6/h5-8,12-13H,2-4,9H2,1H3;(H,3,4)(H,5,6). The number of hydrogen-bond acceptors (Lipinski definition) is 4. The molecule has 0 aliphatic carbocycles. The van der Waals surface area contributed by atoms with Gasteiger partial charge in [-0.2, -0.15) is 0 Å². The Bertz CT molecular complexity index is 425. The second kappa shape index (κ2) is 8.16. The Morgan fingerprint density at radius 1 is 1.25 bits per heavy atom. The van der Waals surface area contributed by atoms with E-state index in [9.17, 15) is 0 Å². The molecule has 1 aromatic rings. The molecule has 3 N–H and O–H groups in total. The maximum absolute atomic E-state index is 9.10. The number of carbonyl (C=O) groups is 2. The third-order valence-electron chi connectivity index (χ3n) is 2.84. The number of ether oxygens (including phenoxy) is 1. The van der Waals surface area contributed by atoms with Crippen LogP contribution in [0.4, 0.5) is 0 Å². The number of carboxylic acid groups (broad SMARTS) is 2. The highest BCUT2D eigenvalue weighted by Crippen LogP contribution is 2.24. The van der Waals surface area contributed by atoms with Crippen molar-refractivity contribution in [2.24, 2.45) is 0 Å². The molecule has 110 valence electrons. The van der Waals surface area contributed by atoms with Gasteiger partial charge in [-0.15, -0.1) is 0 Å². The van der Waals surface area contributed by atoms with Gasteiger partial charge in [0.05, 0.1) is 6.61 Å². The molecule has 6 nitrogen and oxygen atoms in total. The number of carboxylic acids is 2. The van der Waals surface area contributed by atoms with Crippen LogP contribution < -0.4 is 10.1 Å². The van der Waals surface area contributed by atoms with E-state index in [-0.39, 0.29) is 0 Å². The molecule has 0 saturated carbocycles. The van der Waals surface area contributed by atoms with Gasteiger partial charge in [-0.1, -0.05) is 12.1 Å². The molecule has 2 rings (SSSR count). The molecule has 0 amide bonds. The molecule has 1 heterocycles. The minimum atomic E-state index is -1.82. The van der Waals surface area contributed by atoms with Crippen LogP contribution in [0.1, 0.15) is 31.4 Å². The van der Waals surface area contributed by atoms with Crippen molar-refractivity contribution in [1.82, 2.24) is 5.32 Å². The van der Waals surface area contributed by atoms with Crippen LogP contribution in [0.5, 0.6) is 5.75 Å². The summed E-state index contributed by atoms with van der Waals surface area (Å²) in [5.41, 5.74) is 1.38. The van der Waals surface area contributed by atoms with Gasteiger partial charge in [0.15, 0.2) is 0 Å². The summed E-state index contributed by atoms with van der Waals surface area (Å²) in [6.45, 7) is 3.89. The Morgan fingerprint density at radius 3 is 2.25 bits per heavy atom. The molecule has 1 atom stereocenters. The molecule has 1 saturated heterocycles. The molecule has 1 aromatic carbocycles. The maximum atomic E-state index is 9.10. The van der Waals surface area contributed by atoms with Gasteiger partial charge in [-0.05, 0) is 44.0 Å². The minimum Gasteiger partial charge on any atom is -0.494 e. The van der Waals surface area contributed by atoms with Crippen molar-refractivity contribution >= 4 is 11.9 Å². The molecule has 1 unspecified atom stereocenters. The van der Waals surface area contributed by atoms with Crippen molar-refractivity contribution in [3.05, 3.63) is 29.8 Å². The topological polar surface area (TPSA) is 95.9 Å². The maximum Gasteiger partial charge on any atom is 0.414 e. The summed E-state index contributed by atoms with van der Waals surface area (Å²) < 4.78 is 5.40. The van der Waals surface area contributed by atoms with E-state index in [4.69, 9.17) is 24.5 Å². The number of nitrogens with one attached hydrogen (secondary N) is 1. The van der Waals surface area contributed by atoms with Gasteiger partial charge in [0.25, 0.3) is 0 Å². The van der Waals surface area contributed by atoms with E-state index in [1.807, 2.05) is 6.92 Å². The predicted octanol–water partition coefficient (Wildman–Crippen LogP) is 1.67. The molecule has 0 bridgehead atoms. The second-order valence-electron chi connectivity index (χ2n) is 4.26. The lowest BCUT2D eigenvalue weighted by atomic mass is 10.1. The van der Waals surface area contributed by atoms with Crippen molar-refractivity contribution in [3.63, 3.8) is 0 Å². The highest BCUT2D eigenvalue weighted by molar-refractivity contribution is 6.27. The fraction of sp³-hybridized carbons (Fsp3) is 0.429. The fourth-order valence-corrected chi connectivity index (χ4v) is 1.93. The third-order valence-corrected chi connectivity index (χ3v) is 2.84. The number of rotatable bonds is 3. The van der Waals surface area contributed by atoms with E-state index in [1.54, 1.807) is 0 Å². The van der Waals surface area contributed by atoms with E-state index >= 15 is 0 Å². The van der Waals surface area contributed by atoms with Gasteiger partial charge >= 0.3 is 11.9 Å². The van der Waals surface area contributed by atoms with Crippen LogP contribution in [-0.4, -0.2) is 35.3 Å². The lowest BCUT2D eigenvalue weighted by Crippen LogP contribution is -2.12. The van der Waals surface area contributed by atoms with E-state index in [0.29, 0.717) is 6.04 Å². The monoisotopic (exact) mass is 281 g/mol. The van der Waals surface area contributed by atoms with Gasteiger partial charge in [-0.3, -0.25) is 0 Å². The highest BCUT2D eigenvalue weighted by atomic mass is 16.5. The molecular weight excluding hydrogens is 262 g/mol. The van der Waals surface area contributed by atoms with Crippen LogP contribution in [0.15, 0.2) is 24.3 Å². The number of aliphatic carboxylic acids is 2. The van der Waals surface area contributed by atoms with Crippen LogP contribution >= 0.6 is 0 Å². The molecule has 1 fully saturated rings. The molecule has 1 aliphatic rings. The summed E-state index contributed by atoms with van der Waals surface area (Å²) in [4.78, 5) is 18.2. The highest BCUT2D eigenvalue weighted by Gasteiger charge is 2.15. The molecule has 0 spiro atoms. The van der Waals surface area contributed by atoms with E-state index in [2.05, 4.69) is 29.6 Å². The SMILES string of the molecule is CCOc1ccc(C2CCCN2)cc1.O=C(O)C(=O)O. The first-order chi connectivity index (χ1) is 9.54. The lowest BCUT2D eigenvalue weighted by Gasteiger charge is -2.11. The lowest BCUT2D eigenvalue weighted by molar-refractivity contribution is -0.159. The Balaban J connectivity index is 0.000000286. The summed E-state index contributed by atoms with van der Waals surface area (Å²) in [5, 5.41) is 18.3. The first-order valence-electron chi connectivity index (χ1n) is 6.47. The van der Waals surface area contributed by atoms with E-state index in [0.717, 1.165) is 18.9 Å². The largest absolute Gasteiger partial charge is 0.494 e. The summed E-state index contributed by atoms with van der Waals surface area (Å²) >= 11 is 0. The normalized spacial score (nSPS) is 16.9. The Hall–Kier alpha value is -2.08. The molecule has 6 heteroatoms. The average Bonchev–Trinajstić information content (AvgIpc) is 2.94. The summed E-state index contributed by atoms with van der Waals surface area (Å²) in [5.74, 6) is -2.68. The molecule has 0 aromatic heterocycles. The summed E-state index contributed by atoms with van der Waals surface area (Å²) in [6, 6.07) is 8.99. The molecule has 1 aliphatic heterocycles. The van der Waals surface area contributed by atoms with E-state index in [1.165, 1.54) is 18.4 Å². The first kappa shape index (κ1) is 16.0. The third kappa shape index (κ3) is 5.27. The number of benzene rings is 1. The van der Waals surface area contributed by atoms with Crippen LogP contribution in [-0.2, 0) is 9.59 Å². The minimum absolute atomic E-state index is 0.561. The average molecular weight is 281 g/mol. The first-order valence-corrected chi connectivity index (χ1v) is 6.47. The smallest absolute Gasteiger partial charge is 0.414 e. The Labute approximate surface area is 117 Å². The van der Waals surface area contributed by atoms with Crippen molar-refractivity contribution < 1.29 is 24.5 Å². The Kier molecular flexibility index (Phi) is 6.52. The quantitative estimate of drug-likeness (QED) is 0.729. The number of hydrogen-bond donors (Lipinski definition) is 3. The van der Waals surface area contributed by atoms with Crippen LogP contribution in [0.2, 0.25) is 0 Å². The van der Waals surface area contributed by atoms with Crippen molar-refractivity contribution in [3.8, 4) is 5.75 Å². The van der Waals surface area contributed by atoms with Gasteiger partial charge in [-0.25, -0.2) is 9.59 Å². The van der Waals surface area contributed by atoms with Crippen LogP contribution in [0, 0.1) is 0 Å². The molecule has 20 heavy (non-hydrogen) atoms. The molecule has 0 radical (unpaired) electrons. The summed E-state index contributed by atoms with van der Waals surface area (Å²) in [6.07, 6.45) is 2.55. The van der Waals surface area contributed by atoms with Crippen LogP contribution in [0.3, 0.4) is 0 Å². The van der Waals surface area contributed by atoms with Gasteiger partial charge in [0.2, 0.25) is 0 Å². The van der Waals surface area contributed by atoms with Crippen molar-refractivity contribution in [2.45, 2.75) is 25.8 Å². The predicted molar refractivity (Wildman–Crippen MR) is 72.9 cm³/mol. The zero-order valence-electron chi connectivity index (χ0n) is 11.3.